The molecule has 0 atom stereocenters. The fourth-order valence-corrected chi connectivity index (χ4v) is 30.9. The van der Waals surface area contributed by atoms with Gasteiger partial charge in [0.2, 0.25) is 29.5 Å². The largest absolute Gasteiger partial charge is 0.457 e. The summed E-state index contributed by atoms with van der Waals surface area (Å²) in [5.41, 5.74) is 11.8. The highest BCUT2D eigenvalue weighted by atomic mass is 32.2. The first kappa shape index (κ1) is 72.5. The Balaban J connectivity index is 0.677. The summed E-state index contributed by atoms with van der Waals surface area (Å²) in [6.45, 7) is 0. The molecule has 16 heteroatoms. The highest BCUT2D eigenvalue weighted by molar-refractivity contribution is 7.92. The lowest BCUT2D eigenvalue weighted by molar-refractivity contribution is 0.429. The molecule has 0 fully saturated rings. The van der Waals surface area contributed by atoms with Crippen LogP contribution in [0.4, 0.5) is 0 Å². The lowest BCUT2D eigenvalue weighted by Crippen LogP contribution is -2.39. The van der Waals surface area contributed by atoms with Gasteiger partial charge in [-0.15, -0.1) is 0 Å². The van der Waals surface area contributed by atoms with Gasteiger partial charge < -0.3 is 27.9 Å². The first-order valence-corrected chi connectivity index (χ1v) is 48.0. The summed E-state index contributed by atoms with van der Waals surface area (Å²) in [7, 11) is -14.5. The summed E-state index contributed by atoms with van der Waals surface area (Å²) in [6.07, 6.45) is 0. The molecule has 3 spiro atoms. The quantitative estimate of drug-likeness (QED) is 0.149. The van der Waals surface area contributed by atoms with Crippen LogP contribution < -0.4 is 30.1 Å². The summed E-state index contributed by atoms with van der Waals surface area (Å²) >= 11 is 0. The number of rotatable bonds is 6. The maximum absolute atomic E-state index is 16.4. The molecule has 27 rings (SSSR count). The summed E-state index contributed by atoms with van der Waals surface area (Å²) in [4.78, 5) is 1.31. The molecule has 18 aromatic carbocycles. The Bertz CT molecular complexity index is 7950. The Morgan fingerprint density at radius 2 is 0.409 bits per heavy atom. The molecular formula is C111H66N3O9PS3. The molecule has 127 heavy (non-hydrogen) atoms. The first-order chi connectivity index (χ1) is 62.3. The van der Waals surface area contributed by atoms with Crippen LogP contribution >= 0.6 is 7.92 Å². The lowest BCUT2D eigenvalue weighted by Gasteiger charge is -2.45. The third-order valence-electron chi connectivity index (χ3n) is 27.6. The highest BCUT2D eigenvalue weighted by Gasteiger charge is 2.58. The predicted octanol–water partition coefficient (Wildman–Crippen LogP) is 23.6. The second-order valence-corrected chi connectivity index (χ2v) is 41.3. The fourth-order valence-electron chi connectivity index (χ4n) is 22.8. The van der Waals surface area contributed by atoms with Crippen molar-refractivity contribution in [3.8, 4) is 51.6 Å². The molecule has 6 aliphatic rings. The third kappa shape index (κ3) is 9.24. The average molecular weight is 1710 g/mol. The summed E-state index contributed by atoms with van der Waals surface area (Å²) in [6, 6.07) is 133. The van der Waals surface area contributed by atoms with Crippen molar-refractivity contribution in [3.63, 3.8) is 0 Å². The summed E-state index contributed by atoms with van der Waals surface area (Å²) < 4.78 is 125. The van der Waals surface area contributed by atoms with E-state index < -0.39 is 53.7 Å². The molecule has 0 aliphatic carbocycles. The Morgan fingerprint density at radius 3 is 0.661 bits per heavy atom. The molecule has 0 radical (unpaired) electrons. The van der Waals surface area contributed by atoms with E-state index in [1.807, 2.05) is 218 Å². The zero-order valence-corrected chi connectivity index (χ0v) is 70.6. The van der Waals surface area contributed by atoms with Crippen LogP contribution in [0.25, 0.3) is 82.5 Å². The molecule has 9 heterocycles. The van der Waals surface area contributed by atoms with E-state index in [1.165, 1.54) is 0 Å². The number of benzene rings is 18. The van der Waals surface area contributed by atoms with Gasteiger partial charge in [0, 0.05) is 82.8 Å². The van der Waals surface area contributed by atoms with E-state index in [0.29, 0.717) is 84.4 Å². The molecular weight excluding hydrogens is 1650 g/mol. The molecule has 0 saturated heterocycles. The number of hydrogen-bond donors (Lipinski definition) is 0. The van der Waals surface area contributed by atoms with Crippen LogP contribution in [0.5, 0.6) is 34.5 Å². The number of fused-ring (bicyclic) bond motifs is 36. The van der Waals surface area contributed by atoms with Gasteiger partial charge in [-0.25, -0.2) is 25.3 Å². The van der Waals surface area contributed by atoms with E-state index in [0.717, 1.165) is 115 Å². The minimum absolute atomic E-state index is 0.216. The standard InChI is InChI=1S/C111H66N3O9PS3/c115-125(116)100-46-22-10-34-85(100)109(79-28-4-16-40-94(79)121-95-41-17-5-29-80(95)109)88-64-61-76-73-25-1-13-37-91(73)112(103(76)106(88)125)67-49-55-70(56-50-67)124(71-57-51-68(52-58-71)113-92-38-14-2-26-74(92)77-62-65-89-107(104(77)113)126(117,118)101-47-23-11-35-86(101)110(89)81-30-6-18-42-96(81)122-97-43-19-7-31-82(97)110)72-59-53-69(54-60-72)114-93-39-15-3-27-75(93)78-63-66-90-108(105(78)114)127(119,120)102-48-24-12-36-87(102)111(90)83-32-8-20-44-98(83)123-99-45-21-9-33-84(99)111/h1-66H. The van der Waals surface area contributed by atoms with Crippen molar-refractivity contribution in [2.24, 2.45) is 0 Å². The zero-order chi connectivity index (χ0) is 84.3. The smallest absolute Gasteiger partial charge is 0.209 e. The predicted molar refractivity (Wildman–Crippen MR) is 500 cm³/mol. The number of sulfone groups is 3. The van der Waals surface area contributed by atoms with Crippen LogP contribution in [0.3, 0.4) is 0 Å². The van der Waals surface area contributed by atoms with Crippen molar-refractivity contribution in [2.75, 3.05) is 0 Å². The van der Waals surface area contributed by atoms with Gasteiger partial charge in [0.1, 0.15) is 49.2 Å². The molecule has 12 nitrogen and oxygen atoms in total. The van der Waals surface area contributed by atoms with Gasteiger partial charge in [-0.2, -0.15) is 0 Å². The monoisotopic (exact) mass is 1710 g/mol. The summed E-state index contributed by atoms with van der Waals surface area (Å²) in [5, 5.41) is 7.90. The van der Waals surface area contributed by atoms with E-state index in [1.54, 1.807) is 18.2 Å². The Kier molecular flexibility index (Phi) is 14.8. The van der Waals surface area contributed by atoms with Gasteiger partial charge in [-0.05, 0) is 166 Å². The molecule has 6 aliphatic heterocycles. The zero-order valence-electron chi connectivity index (χ0n) is 67.3. The van der Waals surface area contributed by atoms with Crippen molar-refractivity contribution < 1.29 is 39.5 Å². The van der Waals surface area contributed by atoms with Crippen LogP contribution in [-0.2, 0) is 45.8 Å². The van der Waals surface area contributed by atoms with Crippen LogP contribution in [0.15, 0.2) is 430 Å². The second-order valence-electron chi connectivity index (χ2n) is 33.5. The van der Waals surface area contributed by atoms with Crippen molar-refractivity contribution in [1.29, 1.82) is 0 Å². The Morgan fingerprint density at radius 1 is 0.197 bits per heavy atom. The first-order valence-electron chi connectivity index (χ1n) is 42.3. The Labute approximate surface area is 730 Å². The molecule has 3 aromatic heterocycles. The average Bonchev–Trinajstić information content (AvgIpc) is 1.66. The van der Waals surface area contributed by atoms with Gasteiger partial charge in [-0.3, -0.25) is 0 Å². The van der Waals surface area contributed by atoms with Crippen molar-refractivity contribution in [2.45, 2.75) is 45.6 Å². The number of nitrogens with zero attached hydrogens (tertiary/aromatic N) is 3. The Hall–Kier alpha value is -15.0. The second kappa shape index (κ2) is 25.9. The van der Waals surface area contributed by atoms with E-state index in [-0.39, 0.29) is 29.4 Å². The van der Waals surface area contributed by atoms with Crippen molar-refractivity contribution in [1.82, 2.24) is 13.7 Å². The highest BCUT2D eigenvalue weighted by Crippen LogP contribution is 2.66. The van der Waals surface area contributed by atoms with E-state index in [9.17, 15) is 0 Å². The number of aromatic nitrogens is 3. The van der Waals surface area contributed by atoms with Crippen LogP contribution in [0, 0.1) is 0 Å². The maximum Gasteiger partial charge on any atom is 0.209 e. The minimum atomic E-state index is -4.30. The molecule has 21 aromatic rings. The maximum atomic E-state index is 16.4. The van der Waals surface area contributed by atoms with Gasteiger partial charge in [0.05, 0.1) is 64.0 Å². The fraction of sp³-hybridized carbons (Fsp3) is 0.0270. The van der Waals surface area contributed by atoms with Crippen molar-refractivity contribution in [3.05, 3.63) is 467 Å². The SMILES string of the molecule is O=S1(=O)c2ccccc2C2(c3ccccc3Oc3ccccc32)c2ccc3c4ccccc4n(-c4ccc(P(c5ccc(-n6c7ccccc7c7ccc8c(c76)S(=O)(=O)c6ccccc6C86c7ccccc7Oc7ccccc76)cc5)c5ccc(-n6c7ccccc7c7ccc8c(c76)S(=O)(=O)c6ccccc6C86c7ccccc7Oc7ccccc76)cc5)cc4)c3c21. The molecule has 0 bridgehead atoms. The molecule has 0 saturated carbocycles. The van der Waals surface area contributed by atoms with Gasteiger partial charge in [0.25, 0.3) is 0 Å². The third-order valence-corrected chi connectivity index (χ3v) is 35.7. The van der Waals surface area contributed by atoms with E-state index >= 15 is 25.3 Å². The topological polar surface area (TPSA) is 145 Å². The molecule has 0 unspecified atom stereocenters. The van der Waals surface area contributed by atoms with Crippen LogP contribution in [0.2, 0.25) is 0 Å². The van der Waals surface area contributed by atoms with Crippen LogP contribution in [0.1, 0.15) is 66.8 Å². The van der Waals surface area contributed by atoms with Gasteiger partial charge >= 0.3 is 0 Å². The van der Waals surface area contributed by atoms with E-state index in [4.69, 9.17) is 14.2 Å². The molecule has 0 N–H and O–H groups in total. The normalized spacial score (nSPS) is 15.8. The van der Waals surface area contributed by atoms with Gasteiger partial charge in [0.15, 0.2) is 0 Å². The minimum Gasteiger partial charge on any atom is -0.457 e. The molecule has 0 amide bonds. The lowest BCUT2D eigenvalue weighted by atomic mass is 9.63. The van der Waals surface area contributed by atoms with Crippen molar-refractivity contribution >= 4 is 119 Å². The number of hydrogen-bond acceptors (Lipinski definition) is 9. The summed E-state index contributed by atoms with van der Waals surface area (Å²) in [5.74, 6) is 3.84. The number of ether oxygens (including phenoxy) is 3. The van der Waals surface area contributed by atoms with Crippen LogP contribution in [-0.4, -0.2) is 39.0 Å². The molecule has 602 valence electrons. The van der Waals surface area contributed by atoms with Gasteiger partial charge in [-0.1, -0.05) is 291 Å². The number of para-hydroxylation sites is 9. The van der Waals surface area contributed by atoms with E-state index in [2.05, 4.69) is 177 Å².